The summed E-state index contributed by atoms with van der Waals surface area (Å²) in [6.07, 6.45) is 8.45. The molecule has 0 aromatic heterocycles. The van der Waals surface area contributed by atoms with Crippen LogP contribution in [-0.4, -0.2) is 49.8 Å². The molecule has 23 heavy (non-hydrogen) atoms. The predicted molar refractivity (Wildman–Crippen MR) is 98.0 cm³/mol. The van der Waals surface area contributed by atoms with Crippen LogP contribution in [0.2, 0.25) is 0 Å². The average molecular weight is 326 g/mol. The van der Waals surface area contributed by atoms with Crippen molar-refractivity contribution < 1.29 is 0 Å². The van der Waals surface area contributed by atoms with Crippen LogP contribution in [0.3, 0.4) is 0 Å². The number of aliphatic imine (C=N–C) groups is 2. The van der Waals surface area contributed by atoms with Gasteiger partial charge in [-0.1, -0.05) is 11.6 Å². The van der Waals surface area contributed by atoms with Crippen LogP contribution >= 0.6 is 11.8 Å². The molecular weight excluding hydrogens is 304 g/mol. The molecule has 3 rings (SSSR count). The lowest BCUT2D eigenvalue weighted by Gasteiger charge is -2.35. The van der Waals surface area contributed by atoms with Crippen LogP contribution in [0.25, 0.3) is 0 Å². The summed E-state index contributed by atoms with van der Waals surface area (Å²) in [4.78, 5) is 11.8. The third-order valence-corrected chi connectivity index (χ3v) is 5.63. The van der Waals surface area contributed by atoms with Crippen LogP contribution in [0.4, 0.5) is 0 Å². The van der Waals surface area contributed by atoms with Crippen molar-refractivity contribution in [2.24, 2.45) is 15.4 Å². The molecule has 3 aliphatic rings. The van der Waals surface area contributed by atoms with Gasteiger partial charge in [-0.25, -0.2) is 0 Å². The van der Waals surface area contributed by atoms with E-state index in [4.69, 9.17) is 15.2 Å². The number of nitrogens with zero attached hydrogens (tertiary/aromatic N) is 4. The van der Waals surface area contributed by atoms with Crippen molar-refractivity contribution in [3.8, 4) is 6.07 Å². The lowest BCUT2D eigenvalue weighted by atomic mass is 9.69. The molecule has 1 atom stereocenters. The van der Waals surface area contributed by atoms with E-state index in [1.807, 2.05) is 18.0 Å². The number of likely N-dealkylation sites (N-methyl/N-ethyl adjacent to an activating group) is 1. The maximum absolute atomic E-state index is 9.00. The molecule has 0 amide bonds. The Morgan fingerprint density at radius 3 is 3.13 bits per heavy atom. The van der Waals surface area contributed by atoms with Crippen LogP contribution in [-0.2, 0) is 0 Å². The van der Waals surface area contributed by atoms with Gasteiger partial charge in [0.2, 0.25) is 0 Å². The smallest absolute Gasteiger partial charge is 0.0911 e. The Bertz CT molecular complexity index is 676. The Labute approximate surface area is 142 Å². The van der Waals surface area contributed by atoms with Crippen molar-refractivity contribution in [1.29, 1.82) is 5.26 Å². The molecule has 0 N–H and O–H groups in total. The Kier molecular flexibility index (Phi) is 4.84. The first kappa shape index (κ1) is 16.2. The standard InChI is InChI=1S/C18H22N4S/c1-22(2)10-9-20-16-6-8-21-17-4-3-14(5-7-19)11-18(17)13-23-12-15(16)18/h4-5,8,12H,3,6,9-11,13H2,1-2H3. The SMILES string of the molecule is CN(C)CCN=C1CC=NC2=CCC(=CC#N)CC23CSC=C13. The molecule has 0 aromatic carbocycles. The molecule has 0 saturated heterocycles. The molecule has 0 radical (unpaired) electrons. The van der Waals surface area contributed by atoms with Gasteiger partial charge < -0.3 is 4.90 Å². The average Bonchev–Trinajstić information content (AvgIpc) is 2.85. The van der Waals surface area contributed by atoms with Crippen molar-refractivity contribution in [3.63, 3.8) is 0 Å². The number of allylic oxidation sites excluding steroid dienone is 4. The van der Waals surface area contributed by atoms with E-state index in [0.717, 1.165) is 38.1 Å². The van der Waals surface area contributed by atoms with Gasteiger partial charge in [-0.2, -0.15) is 5.26 Å². The lowest BCUT2D eigenvalue weighted by molar-refractivity contribution is 0.420. The van der Waals surface area contributed by atoms with Gasteiger partial charge in [0, 0.05) is 42.4 Å². The molecule has 1 spiro atoms. The summed E-state index contributed by atoms with van der Waals surface area (Å²) in [6, 6.07) is 2.19. The van der Waals surface area contributed by atoms with Gasteiger partial charge in [-0.15, -0.1) is 11.8 Å². The molecule has 2 heterocycles. The molecule has 0 saturated carbocycles. The Morgan fingerprint density at radius 2 is 2.35 bits per heavy atom. The minimum atomic E-state index is -0.0739. The number of thioether (sulfide) groups is 1. The van der Waals surface area contributed by atoms with Crippen molar-refractivity contribution in [2.75, 3.05) is 32.9 Å². The van der Waals surface area contributed by atoms with Crippen LogP contribution in [0.5, 0.6) is 0 Å². The largest absolute Gasteiger partial charge is 0.308 e. The second-order valence-electron chi connectivity index (χ2n) is 6.47. The minimum absolute atomic E-state index is 0.0739. The number of rotatable bonds is 3. The van der Waals surface area contributed by atoms with Crippen LogP contribution in [0.15, 0.2) is 44.4 Å². The fraction of sp³-hybridized carbons (Fsp3) is 0.500. The molecule has 5 heteroatoms. The third-order valence-electron chi connectivity index (χ3n) is 4.57. The predicted octanol–water partition coefficient (Wildman–Crippen LogP) is 3.21. The normalized spacial score (nSPS) is 29.8. The van der Waals surface area contributed by atoms with E-state index in [1.165, 1.54) is 22.6 Å². The van der Waals surface area contributed by atoms with Crippen molar-refractivity contribution in [2.45, 2.75) is 19.3 Å². The lowest BCUT2D eigenvalue weighted by Crippen LogP contribution is -2.31. The van der Waals surface area contributed by atoms with Gasteiger partial charge >= 0.3 is 0 Å². The molecule has 1 unspecified atom stereocenters. The fourth-order valence-electron chi connectivity index (χ4n) is 3.39. The highest BCUT2D eigenvalue weighted by atomic mass is 32.2. The summed E-state index contributed by atoms with van der Waals surface area (Å²) in [5.74, 6) is 1.00. The van der Waals surface area contributed by atoms with Crippen molar-refractivity contribution in [1.82, 2.24) is 4.90 Å². The third kappa shape index (κ3) is 3.19. The zero-order valence-electron chi connectivity index (χ0n) is 13.7. The monoisotopic (exact) mass is 326 g/mol. The van der Waals surface area contributed by atoms with E-state index in [0.29, 0.717) is 0 Å². The number of nitriles is 1. The summed E-state index contributed by atoms with van der Waals surface area (Å²) in [5.41, 5.74) is 4.79. The topological polar surface area (TPSA) is 51.8 Å². The van der Waals surface area contributed by atoms with Crippen LogP contribution < -0.4 is 0 Å². The first-order chi connectivity index (χ1) is 11.2. The first-order valence-corrected chi connectivity index (χ1v) is 9.02. The van der Waals surface area contributed by atoms with E-state index < -0.39 is 0 Å². The van der Waals surface area contributed by atoms with E-state index in [-0.39, 0.29) is 5.41 Å². The highest BCUT2D eigenvalue weighted by Crippen LogP contribution is 2.54. The van der Waals surface area contributed by atoms with E-state index in [1.54, 1.807) is 6.08 Å². The molecule has 0 fully saturated rings. The van der Waals surface area contributed by atoms with Gasteiger partial charge in [0.1, 0.15) is 0 Å². The summed E-state index contributed by atoms with van der Waals surface area (Å²) < 4.78 is 0. The molecular formula is C18H22N4S. The Hall–Kier alpha value is -1.64. The number of hydrogen-bond acceptors (Lipinski definition) is 5. The van der Waals surface area contributed by atoms with Crippen LogP contribution in [0.1, 0.15) is 19.3 Å². The van der Waals surface area contributed by atoms with Gasteiger partial charge in [-0.05, 0) is 37.9 Å². The number of hydrogen-bond donors (Lipinski definition) is 0. The van der Waals surface area contributed by atoms with E-state index in [2.05, 4.69) is 36.5 Å². The van der Waals surface area contributed by atoms with Gasteiger partial charge in [0.25, 0.3) is 0 Å². The Balaban J connectivity index is 1.95. The summed E-state index contributed by atoms with van der Waals surface area (Å²) in [6.45, 7) is 1.77. The minimum Gasteiger partial charge on any atom is -0.308 e. The Morgan fingerprint density at radius 1 is 1.48 bits per heavy atom. The van der Waals surface area contributed by atoms with E-state index in [9.17, 15) is 0 Å². The fourth-order valence-corrected chi connectivity index (χ4v) is 4.69. The summed E-state index contributed by atoms with van der Waals surface area (Å²) in [7, 11) is 4.14. The summed E-state index contributed by atoms with van der Waals surface area (Å²) in [5, 5.41) is 11.3. The quantitative estimate of drug-likeness (QED) is 0.748. The maximum atomic E-state index is 9.00. The molecule has 120 valence electrons. The highest BCUT2D eigenvalue weighted by Gasteiger charge is 2.46. The molecule has 2 aliphatic heterocycles. The molecule has 0 bridgehead atoms. The van der Waals surface area contributed by atoms with E-state index >= 15 is 0 Å². The van der Waals surface area contributed by atoms with Gasteiger partial charge in [-0.3, -0.25) is 9.98 Å². The molecule has 1 aliphatic carbocycles. The van der Waals surface area contributed by atoms with Crippen LogP contribution in [0, 0.1) is 16.7 Å². The second-order valence-corrected chi connectivity index (χ2v) is 7.33. The molecule has 0 aromatic rings. The molecule has 4 nitrogen and oxygen atoms in total. The summed E-state index contributed by atoms with van der Waals surface area (Å²) >= 11 is 1.85. The van der Waals surface area contributed by atoms with Gasteiger partial charge in [0.15, 0.2) is 0 Å². The van der Waals surface area contributed by atoms with Gasteiger partial charge in [0.05, 0.1) is 18.0 Å². The van der Waals surface area contributed by atoms with Crippen molar-refractivity contribution >= 4 is 23.7 Å². The second kappa shape index (κ2) is 6.86. The first-order valence-electron chi connectivity index (χ1n) is 7.97. The zero-order valence-corrected chi connectivity index (χ0v) is 14.6. The van der Waals surface area contributed by atoms with Crippen molar-refractivity contribution in [3.05, 3.63) is 34.4 Å². The highest BCUT2D eigenvalue weighted by molar-refractivity contribution is 8.02. The zero-order chi connectivity index (χ0) is 16.3. The maximum Gasteiger partial charge on any atom is 0.0911 e.